The van der Waals surface area contributed by atoms with Gasteiger partial charge in [0.15, 0.2) is 11.8 Å². The van der Waals surface area contributed by atoms with Crippen LogP contribution in [0.15, 0.2) is 48.5 Å². The van der Waals surface area contributed by atoms with Crippen molar-refractivity contribution in [2.75, 3.05) is 0 Å². The van der Waals surface area contributed by atoms with Gasteiger partial charge in [0, 0.05) is 16.1 Å². The predicted molar refractivity (Wildman–Crippen MR) is 120 cm³/mol. The third kappa shape index (κ3) is 5.90. The topological polar surface area (TPSA) is 142 Å². The summed E-state index contributed by atoms with van der Waals surface area (Å²) in [6.45, 7) is -0.172. The van der Waals surface area contributed by atoms with E-state index in [4.69, 9.17) is 23.2 Å². The first kappa shape index (κ1) is 25.2. The Kier molecular flexibility index (Phi) is 7.87. The lowest BCUT2D eigenvalue weighted by Gasteiger charge is -2.21. The molecule has 3 rings (SSSR count). The maximum Gasteiger partial charge on any atom is 0.354 e. The van der Waals surface area contributed by atoms with Crippen LogP contribution in [0.3, 0.4) is 0 Å². The summed E-state index contributed by atoms with van der Waals surface area (Å²) in [5, 5.41) is 35.6. The Morgan fingerprint density at radius 2 is 1.74 bits per heavy atom. The summed E-state index contributed by atoms with van der Waals surface area (Å²) in [5.41, 5.74) is 0.153. The van der Waals surface area contributed by atoms with E-state index in [1.807, 2.05) is 0 Å². The highest BCUT2D eigenvalue weighted by molar-refractivity contribution is 6.31. The van der Waals surface area contributed by atoms with Crippen molar-refractivity contribution in [3.05, 3.63) is 86.9 Å². The molecule has 0 aliphatic rings. The Labute approximate surface area is 202 Å². The SMILES string of the molecule is O=C(N[C@H](Cc1ccccc1Cl)[C@@H](O)C(=O)O)c1cc(C(=O)O)n(Cc2ccc(F)cc2Cl)n1. The van der Waals surface area contributed by atoms with Gasteiger partial charge in [-0.25, -0.2) is 14.0 Å². The van der Waals surface area contributed by atoms with E-state index in [1.165, 1.54) is 6.07 Å². The van der Waals surface area contributed by atoms with Crippen molar-refractivity contribution in [2.45, 2.75) is 25.1 Å². The lowest BCUT2D eigenvalue weighted by Crippen LogP contribution is -2.48. The van der Waals surface area contributed by atoms with Crippen molar-refractivity contribution in [1.82, 2.24) is 15.1 Å². The van der Waals surface area contributed by atoms with E-state index in [0.717, 1.165) is 22.9 Å². The smallest absolute Gasteiger partial charge is 0.354 e. The fraction of sp³-hybridized carbons (Fsp3) is 0.182. The first-order chi connectivity index (χ1) is 16.1. The molecule has 1 heterocycles. The number of carbonyl (C=O) groups is 3. The number of nitrogens with one attached hydrogen (secondary N) is 1. The van der Waals surface area contributed by atoms with E-state index in [1.54, 1.807) is 24.3 Å². The van der Waals surface area contributed by atoms with Crippen molar-refractivity contribution < 1.29 is 34.1 Å². The van der Waals surface area contributed by atoms with Crippen molar-refractivity contribution in [3.8, 4) is 0 Å². The number of hydrogen-bond acceptors (Lipinski definition) is 5. The van der Waals surface area contributed by atoms with Crippen LogP contribution in [-0.4, -0.2) is 55.1 Å². The molecular formula is C22H18Cl2FN3O6. The second-order valence-electron chi connectivity index (χ2n) is 7.27. The van der Waals surface area contributed by atoms with E-state index in [9.17, 15) is 34.1 Å². The number of halogens is 3. The van der Waals surface area contributed by atoms with Crippen LogP contribution in [0.1, 0.15) is 32.1 Å². The number of nitrogens with zero attached hydrogens (tertiary/aromatic N) is 2. The Hall–Kier alpha value is -3.47. The lowest BCUT2D eigenvalue weighted by atomic mass is 10.0. The second kappa shape index (κ2) is 10.6. The van der Waals surface area contributed by atoms with Crippen LogP contribution < -0.4 is 5.32 Å². The summed E-state index contributed by atoms with van der Waals surface area (Å²) in [6.07, 6.45) is -2.09. The Bertz CT molecular complexity index is 1250. The monoisotopic (exact) mass is 509 g/mol. The summed E-state index contributed by atoms with van der Waals surface area (Å²) in [6, 6.07) is 9.77. The number of aromatic nitrogens is 2. The molecule has 0 fully saturated rings. The molecule has 0 aliphatic carbocycles. The molecule has 0 bridgehead atoms. The number of hydrogen-bond donors (Lipinski definition) is 4. The minimum atomic E-state index is -1.97. The highest BCUT2D eigenvalue weighted by Crippen LogP contribution is 2.20. The van der Waals surface area contributed by atoms with Gasteiger partial charge in [0.25, 0.3) is 5.91 Å². The molecule has 3 aromatic rings. The van der Waals surface area contributed by atoms with Gasteiger partial charge in [-0.05, 0) is 35.7 Å². The van der Waals surface area contributed by atoms with Crippen LogP contribution in [0.2, 0.25) is 10.0 Å². The van der Waals surface area contributed by atoms with Gasteiger partial charge in [0.1, 0.15) is 11.5 Å². The summed E-state index contributed by atoms with van der Waals surface area (Å²) in [4.78, 5) is 35.9. The molecule has 0 aliphatic heterocycles. The van der Waals surface area contributed by atoms with Crippen molar-refractivity contribution in [1.29, 1.82) is 0 Å². The Morgan fingerprint density at radius 1 is 1.03 bits per heavy atom. The van der Waals surface area contributed by atoms with Gasteiger partial charge >= 0.3 is 11.9 Å². The van der Waals surface area contributed by atoms with E-state index in [2.05, 4.69) is 10.4 Å². The summed E-state index contributed by atoms with van der Waals surface area (Å²) >= 11 is 12.1. The number of rotatable bonds is 9. The molecule has 4 N–H and O–H groups in total. The molecule has 0 radical (unpaired) electrons. The standard InChI is InChI=1S/C22H18Cl2FN3O6/c23-14-4-2-1-3-11(14)7-16(19(29)22(33)34)26-20(30)17-9-18(21(31)32)28(27-17)10-12-5-6-13(25)8-15(12)24/h1-6,8-9,16,19,29H,7,10H2,(H,26,30)(H,31,32)(H,33,34)/t16-,19-/m1/s1. The molecule has 2 aromatic carbocycles. The van der Waals surface area contributed by atoms with E-state index in [-0.39, 0.29) is 29.4 Å². The summed E-state index contributed by atoms with van der Waals surface area (Å²) < 4.78 is 14.3. The van der Waals surface area contributed by atoms with Crippen LogP contribution in [0.25, 0.3) is 0 Å². The van der Waals surface area contributed by atoms with Gasteiger partial charge in [-0.1, -0.05) is 47.5 Å². The minimum absolute atomic E-state index is 0.0437. The molecule has 0 saturated carbocycles. The zero-order chi connectivity index (χ0) is 25.0. The fourth-order valence-electron chi connectivity index (χ4n) is 3.19. The maximum absolute atomic E-state index is 13.3. The minimum Gasteiger partial charge on any atom is -0.479 e. The quantitative estimate of drug-likeness (QED) is 0.347. The maximum atomic E-state index is 13.3. The van der Waals surface area contributed by atoms with Crippen LogP contribution in [0.5, 0.6) is 0 Å². The lowest BCUT2D eigenvalue weighted by molar-refractivity contribution is -0.148. The van der Waals surface area contributed by atoms with Crippen molar-refractivity contribution >= 4 is 41.0 Å². The highest BCUT2D eigenvalue weighted by atomic mass is 35.5. The summed E-state index contributed by atoms with van der Waals surface area (Å²) in [5.74, 6) is -4.44. The van der Waals surface area contributed by atoms with Crippen LogP contribution in [0.4, 0.5) is 4.39 Å². The third-order valence-electron chi connectivity index (χ3n) is 4.92. The first-order valence-electron chi connectivity index (χ1n) is 9.77. The molecule has 0 saturated heterocycles. The van der Waals surface area contributed by atoms with Crippen LogP contribution in [0, 0.1) is 5.82 Å². The molecule has 1 aromatic heterocycles. The molecular weight excluding hydrogens is 492 g/mol. The molecule has 0 unspecified atom stereocenters. The van der Waals surface area contributed by atoms with Crippen LogP contribution in [-0.2, 0) is 17.8 Å². The number of benzene rings is 2. The van der Waals surface area contributed by atoms with Gasteiger partial charge < -0.3 is 20.6 Å². The number of aromatic carboxylic acids is 1. The van der Waals surface area contributed by atoms with E-state index in [0.29, 0.717) is 16.1 Å². The fourth-order valence-corrected chi connectivity index (χ4v) is 3.63. The van der Waals surface area contributed by atoms with Crippen molar-refractivity contribution in [2.24, 2.45) is 0 Å². The normalized spacial score (nSPS) is 12.7. The Balaban J connectivity index is 1.88. The number of carboxylic acid groups (broad SMARTS) is 2. The number of carboxylic acids is 2. The van der Waals surface area contributed by atoms with E-state index < -0.39 is 35.8 Å². The average molecular weight is 510 g/mol. The summed E-state index contributed by atoms with van der Waals surface area (Å²) in [7, 11) is 0. The highest BCUT2D eigenvalue weighted by Gasteiger charge is 2.30. The average Bonchev–Trinajstić information content (AvgIpc) is 3.20. The number of aliphatic hydroxyl groups excluding tert-OH is 1. The number of carbonyl (C=O) groups excluding carboxylic acids is 1. The molecule has 1 amide bonds. The second-order valence-corrected chi connectivity index (χ2v) is 8.09. The van der Waals surface area contributed by atoms with Gasteiger partial charge in [-0.2, -0.15) is 5.10 Å². The third-order valence-corrected chi connectivity index (χ3v) is 5.64. The van der Waals surface area contributed by atoms with Crippen molar-refractivity contribution in [3.63, 3.8) is 0 Å². The zero-order valence-electron chi connectivity index (χ0n) is 17.3. The predicted octanol–water partition coefficient (Wildman–Crippen LogP) is 2.86. The molecule has 178 valence electrons. The molecule has 2 atom stereocenters. The molecule has 34 heavy (non-hydrogen) atoms. The zero-order valence-corrected chi connectivity index (χ0v) is 18.8. The van der Waals surface area contributed by atoms with Gasteiger partial charge in [-0.15, -0.1) is 0 Å². The number of aliphatic carboxylic acids is 1. The molecule has 9 nitrogen and oxygen atoms in total. The van der Waals surface area contributed by atoms with Gasteiger partial charge in [0.2, 0.25) is 0 Å². The number of aliphatic hydroxyl groups is 1. The molecule has 12 heteroatoms. The Morgan fingerprint density at radius 3 is 2.35 bits per heavy atom. The first-order valence-corrected chi connectivity index (χ1v) is 10.5. The van der Waals surface area contributed by atoms with Gasteiger partial charge in [0.05, 0.1) is 12.6 Å². The molecule has 0 spiro atoms. The van der Waals surface area contributed by atoms with E-state index >= 15 is 0 Å². The number of amides is 1. The largest absolute Gasteiger partial charge is 0.479 e. The van der Waals surface area contributed by atoms with Gasteiger partial charge in [-0.3, -0.25) is 9.48 Å². The van der Waals surface area contributed by atoms with Crippen LogP contribution >= 0.6 is 23.2 Å².